The summed E-state index contributed by atoms with van der Waals surface area (Å²) in [6.07, 6.45) is 2.09. The lowest BCUT2D eigenvalue weighted by Crippen LogP contribution is -2.12. The van der Waals surface area contributed by atoms with Crippen LogP contribution in [0.2, 0.25) is 0 Å². The van der Waals surface area contributed by atoms with E-state index in [2.05, 4.69) is 18.8 Å². The van der Waals surface area contributed by atoms with Gasteiger partial charge < -0.3 is 14.8 Å². The summed E-state index contributed by atoms with van der Waals surface area (Å²) in [4.78, 5) is 12.5. The van der Waals surface area contributed by atoms with Crippen molar-refractivity contribution in [2.24, 2.45) is 0 Å². The average molecular weight is 339 g/mol. The second-order valence-electron chi connectivity index (χ2n) is 5.96. The van der Waals surface area contributed by atoms with Gasteiger partial charge in [-0.1, -0.05) is 32.1 Å². The fourth-order valence-corrected chi connectivity index (χ4v) is 2.13. The minimum atomic E-state index is -0.188. The Hall–Kier alpha value is -2.75. The topological polar surface area (TPSA) is 47.6 Å². The van der Waals surface area contributed by atoms with E-state index in [1.54, 1.807) is 18.2 Å². The van der Waals surface area contributed by atoms with Crippen LogP contribution in [0, 0.1) is 0 Å². The molecule has 132 valence electrons. The van der Waals surface area contributed by atoms with Crippen molar-refractivity contribution in [1.82, 2.24) is 0 Å². The molecule has 2 aromatic carbocycles. The molecule has 25 heavy (non-hydrogen) atoms. The molecular formula is C21H25NO3. The van der Waals surface area contributed by atoms with Crippen LogP contribution in [0.25, 0.3) is 0 Å². The Bertz CT molecular complexity index is 725. The van der Waals surface area contributed by atoms with Gasteiger partial charge in [-0.05, 0) is 49.2 Å². The van der Waals surface area contributed by atoms with Crippen LogP contribution in [-0.4, -0.2) is 19.1 Å². The van der Waals surface area contributed by atoms with Gasteiger partial charge in [0.1, 0.15) is 18.1 Å². The number of carbonyl (C=O) groups is 1. The van der Waals surface area contributed by atoms with Gasteiger partial charge in [0.15, 0.2) is 0 Å². The Morgan fingerprint density at radius 2 is 1.80 bits per heavy atom. The van der Waals surface area contributed by atoms with Gasteiger partial charge >= 0.3 is 0 Å². The number of unbranched alkanes of at least 4 members (excludes halogenated alkanes) is 1. The fraction of sp³-hybridized carbons (Fsp3) is 0.286. The fourth-order valence-electron chi connectivity index (χ4n) is 2.13. The Morgan fingerprint density at radius 3 is 2.52 bits per heavy atom. The maximum Gasteiger partial charge on any atom is 0.255 e. The van der Waals surface area contributed by atoms with Crippen LogP contribution in [0.1, 0.15) is 37.0 Å². The summed E-state index contributed by atoms with van der Waals surface area (Å²) < 4.78 is 11.3. The Kier molecular flexibility index (Phi) is 7.08. The molecule has 4 nitrogen and oxygen atoms in total. The minimum Gasteiger partial charge on any atom is -0.494 e. The van der Waals surface area contributed by atoms with Crippen molar-refractivity contribution in [1.29, 1.82) is 0 Å². The molecule has 0 aliphatic carbocycles. The first-order valence-corrected chi connectivity index (χ1v) is 8.50. The molecule has 0 aromatic heterocycles. The summed E-state index contributed by atoms with van der Waals surface area (Å²) in [7, 11) is 0. The highest BCUT2D eigenvalue weighted by Crippen LogP contribution is 2.20. The molecule has 0 aliphatic heterocycles. The molecule has 0 aliphatic rings. The number of hydrogen-bond donors (Lipinski definition) is 1. The lowest BCUT2D eigenvalue weighted by molar-refractivity contribution is 0.102. The highest BCUT2D eigenvalue weighted by atomic mass is 16.5. The summed E-state index contributed by atoms with van der Waals surface area (Å²) in [5.41, 5.74) is 2.17. The predicted octanol–water partition coefficient (Wildman–Crippen LogP) is 5.07. The molecule has 4 heteroatoms. The summed E-state index contributed by atoms with van der Waals surface area (Å²) in [5, 5.41) is 2.89. The Morgan fingerprint density at radius 1 is 1.08 bits per heavy atom. The minimum absolute atomic E-state index is 0.188. The van der Waals surface area contributed by atoms with Crippen molar-refractivity contribution in [2.75, 3.05) is 18.5 Å². The van der Waals surface area contributed by atoms with Crippen molar-refractivity contribution in [3.8, 4) is 11.5 Å². The Balaban J connectivity index is 2.00. The number of hydrogen-bond acceptors (Lipinski definition) is 3. The molecule has 0 spiro atoms. The zero-order chi connectivity index (χ0) is 18.1. The Labute approximate surface area is 149 Å². The van der Waals surface area contributed by atoms with Crippen LogP contribution in [-0.2, 0) is 0 Å². The van der Waals surface area contributed by atoms with Crippen LogP contribution < -0.4 is 14.8 Å². The summed E-state index contributed by atoms with van der Waals surface area (Å²) in [6, 6.07) is 14.5. The van der Waals surface area contributed by atoms with Gasteiger partial charge in [0.25, 0.3) is 5.91 Å². The summed E-state index contributed by atoms with van der Waals surface area (Å²) in [5.74, 6) is 1.21. The molecule has 2 rings (SSSR count). The quantitative estimate of drug-likeness (QED) is 0.512. The number of ether oxygens (including phenoxy) is 2. The molecule has 0 saturated carbocycles. The van der Waals surface area contributed by atoms with Crippen molar-refractivity contribution in [2.45, 2.75) is 26.7 Å². The van der Waals surface area contributed by atoms with Crippen molar-refractivity contribution < 1.29 is 14.3 Å². The van der Waals surface area contributed by atoms with E-state index in [0.29, 0.717) is 30.2 Å². The number of nitrogens with one attached hydrogen (secondary N) is 1. The molecule has 0 bridgehead atoms. The maximum atomic E-state index is 12.5. The van der Waals surface area contributed by atoms with Gasteiger partial charge in [0, 0.05) is 17.3 Å². The van der Waals surface area contributed by atoms with Gasteiger partial charge in [-0.3, -0.25) is 4.79 Å². The molecule has 0 fully saturated rings. The molecule has 0 saturated heterocycles. The first-order chi connectivity index (χ1) is 12.1. The van der Waals surface area contributed by atoms with E-state index in [0.717, 1.165) is 24.2 Å². The zero-order valence-electron chi connectivity index (χ0n) is 14.9. The summed E-state index contributed by atoms with van der Waals surface area (Å²) >= 11 is 0. The number of carbonyl (C=O) groups excluding carboxylic acids is 1. The molecule has 2 aromatic rings. The van der Waals surface area contributed by atoms with Gasteiger partial charge in [-0.15, -0.1) is 0 Å². The van der Waals surface area contributed by atoms with Gasteiger partial charge in [-0.25, -0.2) is 0 Å². The molecule has 0 unspecified atom stereocenters. The van der Waals surface area contributed by atoms with Gasteiger partial charge in [0.05, 0.1) is 6.61 Å². The third kappa shape index (κ3) is 6.34. The van der Waals surface area contributed by atoms with Crippen LogP contribution in [0.15, 0.2) is 60.7 Å². The zero-order valence-corrected chi connectivity index (χ0v) is 14.9. The molecular weight excluding hydrogens is 314 g/mol. The summed E-state index contributed by atoms with van der Waals surface area (Å²) in [6.45, 7) is 8.93. The molecule has 0 heterocycles. The molecule has 0 radical (unpaired) electrons. The number of anilines is 1. The second kappa shape index (κ2) is 9.52. The van der Waals surface area contributed by atoms with Gasteiger partial charge in [0.2, 0.25) is 0 Å². The highest BCUT2D eigenvalue weighted by molar-refractivity contribution is 6.04. The maximum absolute atomic E-state index is 12.5. The predicted molar refractivity (Wildman–Crippen MR) is 102 cm³/mol. The van der Waals surface area contributed by atoms with Gasteiger partial charge in [-0.2, -0.15) is 0 Å². The SMILES string of the molecule is C=C(C)COc1cccc(C(=O)Nc2cccc(OCCCC)c2)c1. The van der Waals surface area contributed by atoms with Crippen LogP contribution in [0.3, 0.4) is 0 Å². The standard InChI is InChI=1S/C21H25NO3/c1-4-5-12-24-20-11-7-9-18(14-20)22-21(23)17-8-6-10-19(13-17)25-15-16(2)3/h6-11,13-14H,2,4-5,12,15H2,1,3H3,(H,22,23). The van der Waals surface area contributed by atoms with E-state index < -0.39 is 0 Å². The van der Waals surface area contributed by atoms with E-state index in [1.165, 1.54) is 0 Å². The van der Waals surface area contributed by atoms with E-state index in [1.807, 2.05) is 37.3 Å². The number of benzene rings is 2. The van der Waals surface area contributed by atoms with E-state index in [9.17, 15) is 4.79 Å². The lowest BCUT2D eigenvalue weighted by atomic mass is 10.2. The first-order valence-electron chi connectivity index (χ1n) is 8.50. The smallest absolute Gasteiger partial charge is 0.255 e. The van der Waals surface area contributed by atoms with Crippen LogP contribution in [0.5, 0.6) is 11.5 Å². The van der Waals surface area contributed by atoms with E-state index in [-0.39, 0.29) is 5.91 Å². The van der Waals surface area contributed by atoms with Crippen LogP contribution >= 0.6 is 0 Å². The lowest BCUT2D eigenvalue weighted by Gasteiger charge is -2.10. The van der Waals surface area contributed by atoms with Crippen molar-refractivity contribution in [3.05, 3.63) is 66.2 Å². The van der Waals surface area contributed by atoms with Crippen molar-refractivity contribution >= 4 is 11.6 Å². The molecule has 1 N–H and O–H groups in total. The largest absolute Gasteiger partial charge is 0.494 e. The highest BCUT2D eigenvalue weighted by Gasteiger charge is 2.08. The monoisotopic (exact) mass is 339 g/mol. The number of rotatable bonds is 9. The third-order valence-electron chi connectivity index (χ3n) is 3.44. The second-order valence-corrected chi connectivity index (χ2v) is 5.96. The first kappa shape index (κ1) is 18.6. The average Bonchev–Trinajstić information content (AvgIpc) is 2.61. The molecule has 1 amide bonds. The van der Waals surface area contributed by atoms with E-state index >= 15 is 0 Å². The van der Waals surface area contributed by atoms with Crippen molar-refractivity contribution in [3.63, 3.8) is 0 Å². The number of amides is 1. The third-order valence-corrected chi connectivity index (χ3v) is 3.44. The molecule has 0 atom stereocenters. The van der Waals surface area contributed by atoms with Crippen LogP contribution in [0.4, 0.5) is 5.69 Å². The normalized spacial score (nSPS) is 10.2. The van der Waals surface area contributed by atoms with E-state index in [4.69, 9.17) is 9.47 Å².